The van der Waals surface area contributed by atoms with Crippen molar-refractivity contribution in [3.05, 3.63) is 75.3 Å². The summed E-state index contributed by atoms with van der Waals surface area (Å²) < 4.78 is 54.7. The standard InChI is InChI=1S/C20H14F4N4O2/c1-8(18-9-5-13(22)14(23)6-10(9)19(29)27-26-18)28(2)20(30)16-7-11-15(25-16)4-3-12(21)17(11)24/h3-8,25H,1-2H3,(H,27,29)/t8-/m0/s1. The molecule has 154 valence electrons. The molecule has 0 unspecified atom stereocenters. The van der Waals surface area contributed by atoms with Crippen molar-refractivity contribution in [2.24, 2.45) is 0 Å². The minimum atomic E-state index is -1.19. The first-order chi connectivity index (χ1) is 14.2. The highest BCUT2D eigenvalue weighted by atomic mass is 19.2. The highest BCUT2D eigenvalue weighted by Crippen LogP contribution is 2.27. The number of amides is 1. The van der Waals surface area contributed by atoms with Crippen molar-refractivity contribution in [2.75, 3.05) is 7.05 Å². The van der Waals surface area contributed by atoms with Gasteiger partial charge in [-0.15, -0.1) is 0 Å². The highest BCUT2D eigenvalue weighted by molar-refractivity contribution is 5.98. The van der Waals surface area contributed by atoms with Gasteiger partial charge in [-0.25, -0.2) is 22.7 Å². The van der Waals surface area contributed by atoms with Gasteiger partial charge in [0.1, 0.15) is 5.69 Å². The molecule has 4 rings (SSSR count). The normalized spacial score (nSPS) is 12.5. The number of H-pyrrole nitrogens is 2. The second-order valence-corrected chi connectivity index (χ2v) is 6.85. The third-order valence-corrected chi connectivity index (χ3v) is 5.08. The molecule has 0 fully saturated rings. The summed E-state index contributed by atoms with van der Waals surface area (Å²) in [5.41, 5.74) is -0.340. The average molecular weight is 418 g/mol. The number of aromatic amines is 2. The average Bonchev–Trinajstić information content (AvgIpc) is 3.16. The number of benzene rings is 2. The Morgan fingerprint density at radius 1 is 1.00 bits per heavy atom. The molecule has 2 N–H and O–H groups in total. The lowest BCUT2D eigenvalue weighted by Crippen LogP contribution is -2.31. The smallest absolute Gasteiger partial charge is 0.272 e. The van der Waals surface area contributed by atoms with Crippen LogP contribution in [-0.4, -0.2) is 33.0 Å². The van der Waals surface area contributed by atoms with Crippen molar-refractivity contribution in [3.8, 4) is 0 Å². The van der Waals surface area contributed by atoms with Gasteiger partial charge in [-0.05, 0) is 37.3 Å². The predicted octanol–water partition coefficient (Wildman–Crippen LogP) is 3.79. The zero-order valence-electron chi connectivity index (χ0n) is 15.7. The van der Waals surface area contributed by atoms with Crippen LogP contribution in [0.5, 0.6) is 0 Å². The van der Waals surface area contributed by atoms with Crippen molar-refractivity contribution < 1.29 is 22.4 Å². The van der Waals surface area contributed by atoms with E-state index in [9.17, 15) is 27.2 Å². The number of halogens is 4. The fourth-order valence-electron chi connectivity index (χ4n) is 3.30. The molecule has 6 nitrogen and oxygen atoms in total. The largest absolute Gasteiger partial charge is 0.350 e. The molecule has 2 aromatic carbocycles. The van der Waals surface area contributed by atoms with Crippen LogP contribution in [0.2, 0.25) is 0 Å². The fourth-order valence-corrected chi connectivity index (χ4v) is 3.30. The lowest BCUT2D eigenvalue weighted by molar-refractivity contribution is 0.0735. The number of nitrogens with one attached hydrogen (secondary N) is 2. The monoisotopic (exact) mass is 418 g/mol. The Kier molecular flexibility index (Phi) is 4.56. The Bertz CT molecular complexity index is 1380. The molecule has 10 heteroatoms. The minimum Gasteiger partial charge on any atom is -0.350 e. The van der Waals surface area contributed by atoms with Crippen LogP contribution in [-0.2, 0) is 0 Å². The number of nitrogens with zero attached hydrogens (tertiary/aromatic N) is 2. The van der Waals surface area contributed by atoms with Crippen molar-refractivity contribution >= 4 is 27.6 Å². The van der Waals surface area contributed by atoms with E-state index in [1.165, 1.54) is 24.1 Å². The van der Waals surface area contributed by atoms with Gasteiger partial charge < -0.3 is 9.88 Å². The van der Waals surface area contributed by atoms with Crippen LogP contribution in [0.25, 0.3) is 21.7 Å². The molecule has 0 aliphatic rings. The topological polar surface area (TPSA) is 81.8 Å². The van der Waals surface area contributed by atoms with Gasteiger partial charge in [0.2, 0.25) is 0 Å². The third kappa shape index (κ3) is 3.00. The quantitative estimate of drug-likeness (QED) is 0.497. The molecular formula is C20H14F4N4O2. The van der Waals surface area contributed by atoms with Gasteiger partial charge in [0, 0.05) is 23.3 Å². The summed E-state index contributed by atoms with van der Waals surface area (Å²) >= 11 is 0. The summed E-state index contributed by atoms with van der Waals surface area (Å²) in [4.78, 5) is 28.8. The summed E-state index contributed by atoms with van der Waals surface area (Å²) in [7, 11) is 1.42. The lowest BCUT2D eigenvalue weighted by Gasteiger charge is -2.24. The van der Waals surface area contributed by atoms with E-state index in [1.54, 1.807) is 6.92 Å². The Hall–Kier alpha value is -3.69. The SMILES string of the molecule is C[C@@H](c1n[nH]c(=O)c2cc(F)c(F)cc12)N(C)C(=O)c1cc2c(F)c(F)ccc2[nH]1. The number of fused-ring (bicyclic) bond motifs is 2. The van der Waals surface area contributed by atoms with Crippen LogP contribution in [0.4, 0.5) is 17.6 Å². The first-order valence-corrected chi connectivity index (χ1v) is 8.80. The number of hydrogen-bond acceptors (Lipinski definition) is 3. The van der Waals surface area contributed by atoms with Crippen molar-refractivity contribution in [1.29, 1.82) is 0 Å². The summed E-state index contributed by atoms with van der Waals surface area (Å²) in [6.07, 6.45) is 0. The van der Waals surface area contributed by atoms with Gasteiger partial charge in [0.25, 0.3) is 11.5 Å². The molecule has 0 saturated heterocycles. The van der Waals surface area contributed by atoms with E-state index in [-0.39, 0.29) is 33.1 Å². The van der Waals surface area contributed by atoms with Crippen LogP contribution >= 0.6 is 0 Å². The number of aromatic nitrogens is 3. The van der Waals surface area contributed by atoms with Gasteiger partial charge in [0.15, 0.2) is 23.3 Å². The van der Waals surface area contributed by atoms with Crippen LogP contribution in [0.15, 0.2) is 35.1 Å². The molecular weight excluding hydrogens is 404 g/mol. The highest BCUT2D eigenvalue weighted by Gasteiger charge is 2.25. The van der Waals surface area contributed by atoms with E-state index < -0.39 is 40.8 Å². The van der Waals surface area contributed by atoms with Gasteiger partial charge >= 0.3 is 0 Å². The zero-order chi connectivity index (χ0) is 21.7. The Labute approximate surface area is 166 Å². The maximum absolute atomic E-state index is 14.0. The van der Waals surface area contributed by atoms with E-state index >= 15 is 0 Å². The summed E-state index contributed by atoms with van der Waals surface area (Å²) in [5, 5.41) is 5.97. The third-order valence-electron chi connectivity index (χ3n) is 5.08. The molecule has 0 aliphatic heterocycles. The summed E-state index contributed by atoms with van der Waals surface area (Å²) in [6, 6.07) is 4.26. The van der Waals surface area contributed by atoms with E-state index in [0.29, 0.717) is 0 Å². The molecule has 30 heavy (non-hydrogen) atoms. The maximum atomic E-state index is 14.0. The molecule has 0 aliphatic carbocycles. The Morgan fingerprint density at radius 3 is 2.37 bits per heavy atom. The molecule has 1 atom stereocenters. The summed E-state index contributed by atoms with van der Waals surface area (Å²) in [5.74, 6) is -5.05. The fraction of sp³-hybridized carbons (Fsp3) is 0.150. The lowest BCUT2D eigenvalue weighted by atomic mass is 10.1. The molecule has 2 heterocycles. The molecule has 2 aromatic heterocycles. The first kappa shape index (κ1) is 19.6. The summed E-state index contributed by atoms with van der Waals surface area (Å²) in [6.45, 7) is 1.57. The molecule has 0 radical (unpaired) electrons. The van der Waals surface area contributed by atoms with Gasteiger partial charge in [0.05, 0.1) is 17.1 Å². The first-order valence-electron chi connectivity index (χ1n) is 8.80. The van der Waals surface area contributed by atoms with Crippen LogP contribution in [0.1, 0.15) is 29.1 Å². The van der Waals surface area contributed by atoms with Crippen molar-refractivity contribution in [2.45, 2.75) is 13.0 Å². The zero-order valence-corrected chi connectivity index (χ0v) is 15.7. The molecule has 4 aromatic rings. The molecule has 1 amide bonds. The van der Waals surface area contributed by atoms with Crippen LogP contribution < -0.4 is 5.56 Å². The molecule has 0 saturated carbocycles. The molecule has 0 bridgehead atoms. The Balaban J connectivity index is 1.75. The minimum absolute atomic E-state index is 0.00481. The van der Waals surface area contributed by atoms with Gasteiger partial charge in [-0.3, -0.25) is 9.59 Å². The number of rotatable bonds is 3. The van der Waals surface area contributed by atoms with E-state index in [4.69, 9.17) is 0 Å². The number of carbonyl (C=O) groups is 1. The van der Waals surface area contributed by atoms with E-state index in [1.807, 2.05) is 0 Å². The van der Waals surface area contributed by atoms with Gasteiger partial charge in [-0.1, -0.05) is 0 Å². The van der Waals surface area contributed by atoms with Crippen LogP contribution in [0.3, 0.4) is 0 Å². The molecule has 0 spiro atoms. The van der Waals surface area contributed by atoms with Gasteiger partial charge in [-0.2, -0.15) is 5.10 Å². The number of hydrogen-bond donors (Lipinski definition) is 2. The van der Waals surface area contributed by atoms with Crippen molar-refractivity contribution in [3.63, 3.8) is 0 Å². The van der Waals surface area contributed by atoms with E-state index in [0.717, 1.165) is 18.2 Å². The second kappa shape index (κ2) is 6.97. The second-order valence-electron chi connectivity index (χ2n) is 6.85. The maximum Gasteiger partial charge on any atom is 0.272 e. The van der Waals surface area contributed by atoms with Crippen molar-refractivity contribution in [1.82, 2.24) is 20.1 Å². The van der Waals surface area contributed by atoms with E-state index in [2.05, 4.69) is 15.2 Å². The van der Waals surface area contributed by atoms with Crippen LogP contribution in [0, 0.1) is 23.3 Å². The Morgan fingerprint density at radius 2 is 1.67 bits per heavy atom. The predicted molar refractivity (Wildman–Crippen MR) is 101 cm³/mol. The number of carbonyl (C=O) groups excluding carboxylic acids is 1.